The molecule has 0 radical (unpaired) electrons. The van der Waals surface area contributed by atoms with Gasteiger partial charge in [-0.05, 0) is 102 Å². The van der Waals surface area contributed by atoms with Crippen LogP contribution in [0.4, 0.5) is 9.59 Å². The minimum atomic E-state index is -3.23. The number of hydrogen-bond acceptors (Lipinski definition) is 16. The zero-order valence-electron chi connectivity index (χ0n) is 39.2. The van der Waals surface area contributed by atoms with Crippen LogP contribution in [0.15, 0.2) is 136 Å². The molecule has 22 heteroatoms. The highest BCUT2D eigenvalue weighted by molar-refractivity contribution is 9.10. The van der Waals surface area contributed by atoms with E-state index in [-0.39, 0.29) is 40.1 Å². The monoisotopic (exact) mass is 1080 g/mol. The Balaban J connectivity index is 0.000000195. The van der Waals surface area contributed by atoms with Gasteiger partial charge in [0.25, 0.3) is 0 Å². The highest BCUT2D eigenvalue weighted by atomic mass is 79.9. The number of aromatic nitrogens is 4. The Kier molecular flexibility index (Phi) is 18.4. The zero-order valence-corrected chi connectivity index (χ0v) is 42.5. The summed E-state index contributed by atoms with van der Waals surface area (Å²) in [5, 5.41) is 41.5. The normalized spacial score (nSPS) is 14.4. The first-order valence-electron chi connectivity index (χ1n) is 22.5. The van der Waals surface area contributed by atoms with E-state index in [1.807, 2.05) is 60.7 Å². The molecule has 2 heterocycles. The minimum absolute atomic E-state index is 0.0741. The Morgan fingerprint density at radius 2 is 0.972 bits per heavy atom. The maximum atomic E-state index is 12.6. The summed E-state index contributed by atoms with van der Waals surface area (Å²) in [6.45, 7) is 0.296. The van der Waals surface area contributed by atoms with E-state index >= 15 is 0 Å². The van der Waals surface area contributed by atoms with Gasteiger partial charge < -0.3 is 30.2 Å². The molecule has 0 saturated heterocycles. The Bertz CT molecular complexity index is 3140. The van der Waals surface area contributed by atoms with E-state index in [0.29, 0.717) is 11.4 Å². The second-order valence-electron chi connectivity index (χ2n) is 17.1. The van der Waals surface area contributed by atoms with Crippen molar-refractivity contribution in [3.8, 4) is 23.3 Å². The molecule has 0 aliphatic heterocycles. The maximum Gasteiger partial charge on any atom is 0.488 e. The first-order valence-corrected chi connectivity index (χ1v) is 27.1. The van der Waals surface area contributed by atoms with E-state index < -0.39 is 50.1 Å². The number of nitriles is 2. The van der Waals surface area contributed by atoms with Gasteiger partial charge in [0.2, 0.25) is 11.6 Å². The molecule has 18 nitrogen and oxygen atoms in total. The van der Waals surface area contributed by atoms with Gasteiger partial charge in [0.1, 0.15) is 25.4 Å². The first kappa shape index (κ1) is 54.3. The van der Waals surface area contributed by atoms with Crippen LogP contribution >= 0.6 is 15.9 Å². The molecule has 2 saturated carbocycles. The number of hydrogen-bond donors (Lipinski definition) is 4. The van der Waals surface area contributed by atoms with Crippen molar-refractivity contribution in [2.24, 2.45) is 0 Å². The number of rotatable bonds is 12. The fourth-order valence-electron chi connectivity index (χ4n) is 8.12. The van der Waals surface area contributed by atoms with Crippen molar-refractivity contribution in [2.45, 2.75) is 85.4 Å². The molecule has 8 rings (SSSR count). The number of carbonyl (C=O) groups is 2. The molecule has 4 N–H and O–H groups in total. The van der Waals surface area contributed by atoms with E-state index in [1.54, 1.807) is 42.6 Å². The summed E-state index contributed by atoms with van der Waals surface area (Å²) in [6.07, 6.45) is 11.2. The fourth-order valence-corrected chi connectivity index (χ4v) is 9.65. The number of alkyl carbamates (subject to hydrolysis) is 2. The second-order valence-corrected chi connectivity index (χ2v) is 22.0. The van der Waals surface area contributed by atoms with Gasteiger partial charge >= 0.3 is 19.3 Å². The van der Waals surface area contributed by atoms with Gasteiger partial charge in [0.05, 0.1) is 32.3 Å². The van der Waals surface area contributed by atoms with Crippen molar-refractivity contribution in [3.05, 3.63) is 160 Å². The highest BCUT2D eigenvalue weighted by Gasteiger charge is 2.40. The van der Waals surface area contributed by atoms with E-state index in [2.05, 4.69) is 46.5 Å². The number of carbonyl (C=O) groups excluding carboxylic acids is 2. The van der Waals surface area contributed by atoms with Gasteiger partial charge in [-0.1, -0.05) is 102 Å². The fraction of sp³-hybridized carbons (Fsp3) is 0.280. The third kappa shape index (κ3) is 15.0. The zero-order chi connectivity index (χ0) is 51.9. The molecule has 4 aromatic carbocycles. The number of amides is 2. The number of sulfone groups is 2. The SMILES string of the molecule is CS(=O)(=O)c1ccc(-c2ccc(COC(=O)NC3(c4ccnc(C#N)n4)CCCC3)cc2)cc1.CS(=O)(=O)c1ccc(B(O)O)cc1.N#Cc1nccc(C2(NC(=O)OCc3ccc(Br)cc3)CCCC2)n1. The number of halogens is 1. The van der Waals surface area contributed by atoms with Crippen LogP contribution in [0.25, 0.3) is 11.1 Å². The van der Waals surface area contributed by atoms with Crippen molar-refractivity contribution in [1.29, 1.82) is 10.5 Å². The molecule has 2 fully saturated rings. The summed E-state index contributed by atoms with van der Waals surface area (Å²) in [5.74, 6) is 0.179. The lowest BCUT2D eigenvalue weighted by molar-refractivity contribution is 0.124. The summed E-state index contributed by atoms with van der Waals surface area (Å²) >= 11 is 3.37. The molecule has 2 aromatic heterocycles. The molecule has 372 valence electrons. The lowest BCUT2D eigenvalue weighted by Gasteiger charge is -2.29. The molecule has 2 aliphatic carbocycles. The van der Waals surface area contributed by atoms with Gasteiger partial charge in [-0.15, -0.1) is 0 Å². The molecule has 6 aromatic rings. The van der Waals surface area contributed by atoms with E-state index in [9.17, 15) is 26.4 Å². The van der Waals surface area contributed by atoms with Gasteiger partial charge in [0, 0.05) is 29.4 Å². The quantitative estimate of drug-likeness (QED) is 0.0929. The average molecular weight is 1080 g/mol. The molecule has 0 atom stereocenters. The van der Waals surface area contributed by atoms with Crippen LogP contribution in [0, 0.1) is 22.7 Å². The van der Waals surface area contributed by atoms with Gasteiger partial charge in [-0.25, -0.2) is 46.4 Å². The van der Waals surface area contributed by atoms with Crippen molar-refractivity contribution < 1.29 is 45.9 Å². The molecule has 2 amide bonds. The predicted octanol–water partition coefficient (Wildman–Crippen LogP) is 6.69. The van der Waals surface area contributed by atoms with Gasteiger partial charge in [0.15, 0.2) is 19.7 Å². The van der Waals surface area contributed by atoms with Crippen LogP contribution in [0.2, 0.25) is 0 Å². The largest absolute Gasteiger partial charge is 0.488 e. The molecule has 0 bridgehead atoms. The maximum absolute atomic E-state index is 12.6. The van der Waals surface area contributed by atoms with Crippen LogP contribution in [0.3, 0.4) is 0 Å². The van der Waals surface area contributed by atoms with Crippen LogP contribution in [0.1, 0.15) is 85.5 Å². The standard InChI is InChI=1S/C25H24N4O4S.C18H17BrN4O2.C7H9BO4S/c1-34(31,32)21-10-8-20(9-11-21)19-6-4-18(5-7-19)17-33-24(30)29-25(13-2-3-14-25)22-12-15-27-23(16-26)28-22;19-14-5-3-13(4-6-14)12-25-17(24)23-18(8-1-2-9-18)15-7-10-21-16(11-20)22-15;1-13(11,12)7-4-2-6(3-5-7)8(9)10/h4-12,15H,2-3,13-14,17H2,1H3,(H,29,30);3-7,10H,1-2,8-9,12H2,(H,23,24);2-5,9-10H,1H3. The highest BCUT2D eigenvalue weighted by Crippen LogP contribution is 2.39. The summed E-state index contributed by atoms with van der Waals surface area (Å²) < 4.78 is 57.0. The third-order valence-corrected chi connectivity index (χ3v) is 14.7. The molecular weight excluding hydrogens is 1030 g/mol. The molecule has 72 heavy (non-hydrogen) atoms. The van der Waals surface area contributed by atoms with Crippen molar-refractivity contribution in [1.82, 2.24) is 30.6 Å². The summed E-state index contributed by atoms with van der Waals surface area (Å²) in [4.78, 5) is 41.8. The van der Waals surface area contributed by atoms with E-state index in [1.165, 1.54) is 36.7 Å². The van der Waals surface area contributed by atoms with Gasteiger partial charge in [-0.3, -0.25) is 0 Å². The Hall–Kier alpha value is -7.08. The number of nitrogens with zero attached hydrogens (tertiary/aromatic N) is 6. The second kappa shape index (κ2) is 24.4. The third-order valence-electron chi connectivity index (χ3n) is 11.9. The Morgan fingerprint density at radius 1 is 0.611 bits per heavy atom. The lowest BCUT2D eigenvalue weighted by atomic mass is 9.81. The van der Waals surface area contributed by atoms with Crippen molar-refractivity contribution in [2.75, 3.05) is 12.5 Å². The van der Waals surface area contributed by atoms with E-state index in [0.717, 1.165) is 84.3 Å². The molecular formula is C50H50BBrN8O10S2. The Morgan fingerprint density at radius 3 is 1.33 bits per heavy atom. The minimum Gasteiger partial charge on any atom is -0.445 e. The van der Waals surface area contributed by atoms with Gasteiger partial charge in [-0.2, -0.15) is 10.5 Å². The molecule has 0 spiro atoms. The summed E-state index contributed by atoms with van der Waals surface area (Å²) in [6, 6.07) is 34.6. The van der Waals surface area contributed by atoms with Crippen LogP contribution in [0.5, 0.6) is 0 Å². The van der Waals surface area contributed by atoms with Crippen molar-refractivity contribution >= 4 is 60.4 Å². The summed E-state index contributed by atoms with van der Waals surface area (Å²) in [5.41, 5.74) is 3.86. The summed E-state index contributed by atoms with van der Waals surface area (Å²) in [7, 11) is -8.00. The number of benzene rings is 4. The van der Waals surface area contributed by atoms with Crippen LogP contribution in [-0.4, -0.2) is 78.6 Å². The van der Waals surface area contributed by atoms with Crippen LogP contribution < -0.4 is 16.1 Å². The molecule has 0 unspecified atom stereocenters. The predicted molar refractivity (Wildman–Crippen MR) is 269 cm³/mol. The van der Waals surface area contributed by atoms with E-state index in [4.69, 9.17) is 30.0 Å². The van der Waals surface area contributed by atoms with Crippen molar-refractivity contribution in [3.63, 3.8) is 0 Å². The topological polar surface area (TPSA) is 285 Å². The first-order chi connectivity index (χ1) is 34.3. The lowest BCUT2D eigenvalue weighted by Crippen LogP contribution is -2.44. The number of nitrogens with one attached hydrogen (secondary N) is 2. The smallest absolute Gasteiger partial charge is 0.445 e. The average Bonchev–Trinajstić information content (AvgIpc) is 4.07. The Labute approximate surface area is 426 Å². The van der Waals surface area contributed by atoms with Crippen LogP contribution in [-0.2, 0) is 53.4 Å². The number of ether oxygens (including phenoxy) is 2. The molecule has 2 aliphatic rings.